The number of esters is 1. The highest BCUT2D eigenvalue weighted by molar-refractivity contribution is 5.88. The Balaban J connectivity index is 2.66. The normalized spacial score (nSPS) is 46.1. The van der Waals surface area contributed by atoms with Crippen LogP contribution < -0.4 is 0 Å². The predicted octanol–water partition coefficient (Wildman–Crippen LogP) is 4.71. The standard InChI is InChI=1S/C14H5F15O3/c1-3(2-30)4(31)32-8-12(24,25)5(15)9(18,19)6(16,13(8,26)27)11(22,23)7(17,10(5,20)21)14(8,28)29/h2,30H,1H3. The van der Waals surface area contributed by atoms with Crippen molar-refractivity contribution < 1.29 is 80.5 Å². The molecule has 0 saturated heterocycles. The smallest absolute Gasteiger partial charge is 0.345 e. The fourth-order valence-electron chi connectivity index (χ4n) is 4.27. The first-order valence-electron chi connectivity index (χ1n) is 7.74. The average Bonchev–Trinajstić information content (AvgIpc) is 2.64. The summed E-state index contributed by atoms with van der Waals surface area (Å²) in [5, 5.41) is 8.50. The molecule has 0 spiro atoms. The Kier molecular flexibility index (Phi) is 4.00. The Morgan fingerprint density at radius 2 is 0.844 bits per heavy atom. The molecule has 0 unspecified atom stereocenters. The molecule has 0 aromatic heterocycles. The van der Waals surface area contributed by atoms with Crippen LogP contribution in [0.3, 0.4) is 0 Å². The van der Waals surface area contributed by atoms with E-state index in [1.54, 1.807) is 0 Å². The summed E-state index contributed by atoms with van der Waals surface area (Å²) < 4.78 is 220. The Hall–Kier alpha value is -2.04. The number of alkyl halides is 15. The molecule has 3 nitrogen and oxygen atoms in total. The molecule has 0 aliphatic heterocycles. The molecule has 4 saturated carbocycles. The van der Waals surface area contributed by atoms with Crippen molar-refractivity contribution in [1.29, 1.82) is 0 Å². The molecule has 0 radical (unpaired) electrons. The molecule has 18 heteroatoms. The van der Waals surface area contributed by atoms with E-state index >= 15 is 0 Å². The summed E-state index contributed by atoms with van der Waals surface area (Å²) in [6, 6.07) is 0. The van der Waals surface area contributed by atoms with E-state index < -0.39 is 75.9 Å². The van der Waals surface area contributed by atoms with Crippen molar-refractivity contribution in [2.24, 2.45) is 0 Å². The van der Waals surface area contributed by atoms with Crippen LogP contribution in [0, 0.1) is 0 Å². The minimum Gasteiger partial charge on any atom is -0.515 e. The highest BCUT2D eigenvalue weighted by atomic mass is 19.3. The van der Waals surface area contributed by atoms with Gasteiger partial charge in [-0.3, -0.25) is 0 Å². The average molecular weight is 506 g/mol. The highest BCUT2D eigenvalue weighted by Gasteiger charge is 3.24. The first-order valence-corrected chi connectivity index (χ1v) is 7.74. The SMILES string of the molecule is CC(=CO)C(=O)OC12C(F)(F)C3(F)C(F)(F)C(F)(C(F)(F)C(F)(C3(F)F)C1(F)F)C2(F)F. The van der Waals surface area contributed by atoms with Crippen LogP contribution in [0.5, 0.6) is 0 Å². The van der Waals surface area contributed by atoms with Crippen molar-refractivity contribution in [2.75, 3.05) is 0 Å². The molecule has 4 bridgehead atoms. The molecule has 0 amide bonds. The molecule has 0 aromatic carbocycles. The van der Waals surface area contributed by atoms with Crippen LogP contribution in [-0.4, -0.2) is 69.2 Å². The number of hydrogen-bond acceptors (Lipinski definition) is 3. The summed E-state index contributed by atoms with van der Waals surface area (Å²) in [4.78, 5) is 11.5. The van der Waals surface area contributed by atoms with E-state index in [2.05, 4.69) is 4.74 Å². The van der Waals surface area contributed by atoms with Crippen molar-refractivity contribution in [3.63, 3.8) is 0 Å². The lowest BCUT2D eigenvalue weighted by Gasteiger charge is -2.74. The molecular formula is C14H5F15O3. The fraction of sp³-hybridized carbons (Fsp3) is 0.786. The van der Waals surface area contributed by atoms with Crippen LogP contribution in [0.2, 0.25) is 0 Å². The van der Waals surface area contributed by atoms with Gasteiger partial charge in [-0.2, -0.15) is 52.7 Å². The highest BCUT2D eigenvalue weighted by Crippen LogP contribution is 2.88. The van der Waals surface area contributed by atoms with E-state index in [1.807, 2.05) is 0 Å². The molecule has 0 atom stereocenters. The molecular weight excluding hydrogens is 501 g/mol. The maximum Gasteiger partial charge on any atom is 0.345 e. The van der Waals surface area contributed by atoms with Gasteiger partial charge in [-0.25, -0.2) is 18.0 Å². The Bertz CT molecular complexity index is 825. The maximum absolute atomic E-state index is 14.7. The van der Waals surface area contributed by atoms with Crippen LogP contribution >= 0.6 is 0 Å². The minimum absolute atomic E-state index is 0.177. The first-order chi connectivity index (χ1) is 13.9. The molecule has 4 aliphatic rings. The summed E-state index contributed by atoms with van der Waals surface area (Å²) in [5.74, 6) is -50.4. The number of ether oxygens (including phenoxy) is 1. The molecule has 1 N–H and O–H groups in total. The van der Waals surface area contributed by atoms with Crippen molar-refractivity contribution in [3.05, 3.63) is 11.8 Å². The molecule has 4 fully saturated rings. The third kappa shape index (κ3) is 1.49. The maximum atomic E-state index is 14.7. The van der Waals surface area contributed by atoms with Crippen molar-refractivity contribution in [2.45, 2.75) is 65.1 Å². The van der Waals surface area contributed by atoms with E-state index in [0.717, 1.165) is 0 Å². The minimum atomic E-state index is -7.95. The zero-order chi connectivity index (χ0) is 25.6. The second kappa shape index (κ2) is 5.20. The number of aliphatic hydroxyl groups is 1. The molecule has 4 aliphatic carbocycles. The van der Waals surface area contributed by atoms with Gasteiger partial charge < -0.3 is 9.84 Å². The first kappa shape index (κ1) is 24.6. The lowest BCUT2D eigenvalue weighted by atomic mass is 9.40. The zero-order valence-corrected chi connectivity index (χ0v) is 14.5. The topological polar surface area (TPSA) is 46.5 Å². The third-order valence-electron chi connectivity index (χ3n) is 5.98. The third-order valence-corrected chi connectivity index (χ3v) is 5.98. The lowest BCUT2D eigenvalue weighted by molar-refractivity contribution is -0.614. The van der Waals surface area contributed by atoms with Gasteiger partial charge in [-0.15, -0.1) is 0 Å². The van der Waals surface area contributed by atoms with E-state index in [1.165, 1.54) is 0 Å². The summed E-state index contributed by atoms with van der Waals surface area (Å²) in [5.41, 5.74) is -32.5. The van der Waals surface area contributed by atoms with Crippen LogP contribution in [0.15, 0.2) is 11.8 Å². The van der Waals surface area contributed by atoms with E-state index in [4.69, 9.17) is 5.11 Å². The van der Waals surface area contributed by atoms with Gasteiger partial charge >= 0.3 is 64.1 Å². The largest absolute Gasteiger partial charge is 0.515 e. The van der Waals surface area contributed by atoms with Crippen LogP contribution in [0.4, 0.5) is 65.9 Å². The second-order valence-corrected chi connectivity index (χ2v) is 7.30. The molecule has 184 valence electrons. The van der Waals surface area contributed by atoms with Crippen molar-refractivity contribution >= 4 is 5.97 Å². The van der Waals surface area contributed by atoms with Gasteiger partial charge in [0.1, 0.15) is 0 Å². The fourth-order valence-corrected chi connectivity index (χ4v) is 4.27. The summed E-state index contributed by atoms with van der Waals surface area (Å²) in [6.07, 6.45) is -0.573. The number of hydrogen-bond donors (Lipinski definition) is 1. The van der Waals surface area contributed by atoms with Gasteiger partial charge in [-0.1, -0.05) is 0 Å². The quantitative estimate of drug-likeness (QED) is 0.256. The molecule has 0 heterocycles. The Morgan fingerprint density at radius 3 is 1.06 bits per heavy atom. The van der Waals surface area contributed by atoms with E-state index in [9.17, 15) is 70.7 Å². The zero-order valence-electron chi connectivity index (χ0n) is 14.5. The molecule has 0 aromatic rings. The van der Waals surface area contributed by atoms with Crippen molar-refractivity contribution in [1.82, 2.24) is 0 Å². The predicted molar refractivity (Wildman–Crippen MR) is 66.4 cm³/mol. The van der Waals surface area contributed by atoms with Gasteiger partial charge in [0.05, 0.1) is 11.8 Å². The van der Waals surface area contributed by atoms with E-state index in [-0.39, 0.29) is 6.92 Å². The van der Waals surface area contributed by atoms with Crippen LogP contribution in [0.1, 0.15) is 6.92 Å². The molecule has 4 rings (SSSR count). The second-order valence-electron chi connectivity index (χ2n) is 7.30. The summed E-state index contributed by atoms with van der Waals surface area (Å²) >= 11 is 0. The number of halogens is 15. The number of aliphatic hydroxyl groups excluding tert-OH is 1. The number of carbonyl (C=O) groups is 1. The van der Waals surface area contributed by atoms with E-state index in [0.29, 0.717) is 0 Å². The molecule has 32 heavy (non-hydrogen) atoms. The van der Waals surface area contributed by atoms with Gasteiger partial charge in [0.2, 0.25) is 0 Å². The Morgan fingerprint density at radius 1 is 0.594 bits per heavy atom. The number of rotatable bonds is 2. The van der Waals surface area contributed by atoms with Crippen LogP contribution in [-0.2, 0) is 9.53 Å². The number of carbonyl (C=O) groups excluding carboxylic acids is 1. The summed E-state index contributed by atoms with van der Waals surface area (Å²) in [6.45, 7) is 0.177. The van der Waals surface area contributed by atoms with Crippen molar-refractivity contribution in [3.8, 4) is 0 Å². The van der Waals surface area contributed by atoms with Gasteiger partial charge in [0.15, 0.2) is 0 Å². The van der Waals surface area contributed by atoms with Gasteiger partial charge in [0, 0.05) is 0 Å². The van der Waals surface area contributed by atoms with Gasteiger partial charge in [0.25, 0.3) is 0 Å². The monoisotopic (exact) mass is 506 g/mol. The van der Waals surface area contributed by atoms with Crippen LogP contribution in [0.25, 0.3) is 0 Å². The van der Waals surface area contributed by atoms with Gasteiger partial charge in [-0.05, 0) is 6.92 Å². The lowest BCUT2D eigenvalue weighted by Crippen LogP contribution is -3.10. The Labute approximate surface area is 164 Å². The summed E-state index contributed by atoms with van der Waals surface area (Å²) in [7, 11) is 0.